The van der Waals surface area contributed by atoms with Gasteiger partial charge in [-0.3, -0.25) is 0 Å². The van der Waals surface area contributed by atoms with Crippen LogP contribution < -0.4 is 0 Å². The number of halogens is 3. The molecule has 1 rings (SSSR count). The van der Waals surface area contributed by atoms with E-state index in [2.05, 4.69) is 47.8 Å². The van der Waals surface area contributed by atoms with Crippen molar-refractivity contribution < 1.29 is 0 Å². The molecule has 0 radical (unpaired) electrons. The highest BCUT2D eigenvalue weighted by molar-refractivity contribution is 9.28. The van der Waals surface area contributed by atoms with Crippen molar-refractivity contribution in [2.75, 3.05) is 0 Å². The summed E-state index contributed by atoms with van der Waals surface area (Å²) in [5, 5.41) is 2.04. The van der Waals surface area contributed by atoms with Gasteiger partial charge in [0.15, 0.2) is 0 Å². The highest BCUT2D eigenvalue weighted by Gasteiger charge is 1.96. The van der Waals surface area contributed by atoms with Gasteiger partial charge in [-0.25, -0.2) is 0 Å². The zero-order chi connectivity index (χ0) is 7.56. The van der Waals surface area contributed by atoms with Gasteiger partial charge in [0.1, 0.15) is 0 Å². The Morgan fingerprint density at radius 1 is 1.50 bits per heavy atom. The van der Waals surface area contributed by atoms with Gasteiger partial charge >= 0.3 is 0 Å². The highest BCUT2D eigenvalue weighted by atomic mass is 79.9. The van der Waals surface area contributed by atoms with E-state index in [4.69, 9.17) is 0 Å². The molecule has 0 bridgehead atoms. The Hall–Kier alpha value is 0.880. The number of rotatable bonds is 1. The Bertz CT molecular complexity index is 247. The van der Waals surface area contributed by atoms with E-state index >= 15 is 0 Å². The molecule has 1 aromatic rings. The van der Waals surface area contributed by atoms with Crippen LogP contribution in [0.3, 0.4) is 0 Å². The molecule has 10 heavy (non-hydrogen) atoms. The molecular formula is C6H3Br3S. The maximum absolute atomic E-state index is 3.42. The summed E-state index contributed by atoms with van der Waals surface area (Å²) in [7, 11) is 0. The van der Waals surface area contributed by atoms with Gasteiger partial charge in [-0.15, -0.1) is 11.3 Å². The van der Waals surface area contributed by atoms with Gasteiger partial charge in [0.05, 0.1) is 3.39 Å². The monoisotopic (exact) mass is 344 g/mol. The van der Waals surface area contributed by atoms with Crippen LogP contribution >= 0.6 is 59.1 Å². The average molecular weight is 347 g/mol. The second-order valence-electron chi connectivity index (χ2n) is 1.57. The van der Waals surface area contributed by atoms with Crippen LogP contribution in [0.25, 0.3) is 6.08 Å². The van der Waals surface area contributed by atoms with E-state index in [9.17, 15) is 0 Å². The van der Waals surface area contributed by atoms with Crippen LogP contribution in [0.1, 0.15) is 4.88 Å². The van der Waals surface area contributed by atoms with Gasteiger partial charge in [-0.2, -0.15) is 0 Å². The predicted octanol–water partition coefficient (Wildman–Crippen LogP) is 4.60. The summed E-state index contributed by atoms with van der Waals surface area (Å²) >= 11 is 11.7. The molecular weight excluding hydrogens is 344 g/mol. The molecule has 0 N–H and O–H groups in total. The fourth-order valence-electron chi connectivity index (χ4n) is 0.508. The molecule has 0 aliphatic rings. The molecule has 0 nitrogen and oxygen atoms in total. The smallest absolute Gasteiger partial charge is 0.0618 e. The second-order valence-corrected chi connectivity index (χ2v) is 6.14. The van der Waals surface area contributed by atoms with Crippen LogP contribution in [-0.4, -0.2) is 0 Å². The van der Waals surface area contributed by atoms with Gasteiger partial charge in [0.25, 0.3) is 0 Å². The summed E-state index contributed by atoms with van der Waals surface area (Å²) in [6, 6.07) is 2.03. The van der Waals surface area contributed by atoms with Crippen LogP contribution in [-0.2, 0) is 0 Å². The molecule has 0 aliphatic carbocycles. The van der Waals surface area contributed by atoms with Gasteiger partial charge in [0.2, 0.25) is 0 Å². The second kappa shape index (κ2) is 4.04. The third-order valence-electron chi connectivity index (χ3n) is 0.885. The lowest BCUT2D eigenvalue weighted by molar-refractivity contribution is 1.84. The molecule has 0 amide bonds. The average Bonchev–Trinajstić information content (AvgIpc) is 2.15. The van der Waals surface area contributed by atoms with Gasteiger partial charge in [-0.05, 0) is 65.3 Å². The fraction of sp³-hybridized carbons (Fsp3) is 0. The first-order chi connectivity index (χ1) is 4.70. The third-order valence-corrected chi connectivity index (χ3v) is 3.16. The molecule has 0 unspecified atom stereocenters. The molecule has 0 saturated carbocycles. The highest BCUT2D eigenvalue weighted by Crippen LogP contribution is 2.28. The normalized spacial score (nSPS) is 9.50. The van der Waals surface area contributed by atoms with Crippen LogP contribution in [0, 0.1) is 0 Å². The Balaban J connectivity index is 2.95. The molecule has 1 heterocycles. The molecule has 0 saturated heterocycles. The van der Waals surface area contributed by atoms with Crippen molar-refractivity contribution in [2.24, 2.45) is 0 Å². The molecule has 0 aromatic carbocycles. The quantitative estimate of drug-likeness (QED) is 0.697. The number of hydrogen-bond acceptors (Lipinski definition) is 1. The van der Waals surface area contributed by atoms with Crippen LogP contribution in [0.4, 0.5) is 0 Å². The summed E-state index contributed by atoms with van der Waals surface area (Å²) in [4.78, 5) is 1.21. The first-order valence-corrected chi connectivity index (χ1v) is 5.71. The Kier molecular flexibility index (Phi) is 3.63. The van der Waals surface area contributed by atoms with Crippen LogP contribution in [0.15, 0.2) is 19.3 Å². The summed E-state index contributed by atoms with van der Waals surface area (Å²) < 4.78 is 2.09. The Morgan fingerprint density at radius 2 is 2.20 bits per heavy atom. The molecule has 0 fully saturated rings. The largest absolute Gasteiger partial charge is 0.143 e. The van der Waals surface area contributed by atoms with Crippen molar-refractivity contribution in [3.63, 3.8) is 0 Å². The van der Waals surface area contributed by atoms with E-state index in [1.54, 1.807) is 11.3 Å². The third kappa shape index (κ3) is 2.49. The first-order valence-electron chi connectivity index (χ1n) is 2.46. The van der Waals surface area contributed by atoms with Crippen molar-refractivity contribution in [3.8, 4) is 0 Å². The van der Waals surface area contributed by atoms with Crippen molar-refractivity contribution in [1.82, 2.24) is 0 Å². The SMILES string of the molecule is BrC(Br)=Cc1sccc1Br. The summed E-state index contributed by atoms with van der Waals surface area (Å²) in [5.41, 5.74) is 0. The maximum atomic E-state index is 3.42. The number of hydrogen-bond donors (Lipinski definition) is 0. The van der Waals surface area contributed by atoms with Crippen molar-refractivity contribution >= 4 is 65.2 Å². The minimum Gasteiger partial charge on any atom is -0.143 e. The lowest BCUT2D eigenvalue weighted by Gasteiger charge is -1.86. The molecule has 1 aromatic heterocycles. The zero-order valence-corrected chi connectivity index (χ0v) is 10.3. The fourth-order valence-corrected chi connectivity index (χ4v) is 2.69. The van der Waals surface area contributed by atoms with E-state index in [1.165, 1.54) is 4.88 Å². The maximum Gasteiger partial charge on any atom is 0.0618 e. The standard InChI is InChI=1S/C6H3Br3S/c7-4-1-2-10-5(4)3-6(8)9/h1-3H. The van der Waals surface area contributed by atoms with Gasteiger partial charge in [0, 0.05) is 9.35 Å². The van der Waals surface area contributed by atoms with Gasteiger partial charge in [-0.1, -0.05) is 0 Å². The first kappa shape index (κ1) is 8.97. The van der Waals surface area contributed by atoms with E-state index in [0.717, 1.165) is 7.86 Å². The van der Waals surface area contributed by atoms with Crippen molar-refractivity contribution in [3.05, 3.63) is 24.2 Å². The van der Waals surface area contributed by atoms with E-state index in [1.807, 2.05) is 17.5 Å². The Labute approximate surface area is 88.7 Å². The summed E-state index contributed by atoms with van der Waals surface area (Å²) in [5.74, 6) is 0. The minimum atomic E-state index is 0.961. The lowest BCUT2D eigenvalue weighted by atomic mass is 10.5. The number of thiophene rings is 1. The van der Waals surface area contributed by atoms with E-state index in [0.29, 0.717) is 0 Å². The Morgan fingerprint density at radius 3 is 2.60 bits per heavy atom. The van der Waals surface area contributed by atoms with Gasteiger partial charge < -0.3 is 0 Å². The molecule has 0 spiro atoms. The molecule has 0 atom stereocenters. The lowest BCUT2D eigenvalue weighted by Crippen LogP contribution is -1.59. The van der Waals surface area contributed by atoms with Crippen molar-refractivity contribution in [2.45, 2.75) is 0 Å². The zero-order valence-electron chi connectivity index (χ0n) is 4.77. The molecule has 4 heteroatoms. The van der Waals surface area contributed by atoms with Crippen LogP contribution in [0.2, 0.25) is 0 Å². The van der Waals surface area contributed by atoms with E-state index < -0.39 is 0 Å². The molecule has 54 valence electrons. The minimum absolute atomic E-state index is 0.961. The topological polar surface area (TPSA) is 0 Å². The van der Waals surface area contributed by atoms with Crippen LogP contribution in [0.5, 0.6) is 0 Å². The van der Waals surface area contributed by atoms with Crippen molar-refractivity contribution in [1.29, 1.82) is 0 Å². The predicted molar refractivity (Wildman–Crippen MR) is 57.9 cm³/mol. The molecule has 0 aliphatic heterocycles. The summed E-state index contributed by atoms with van der Waals surface area (Å²) in [6.45, 7) is 0. The summed E-state index contributed by atoms with van der Waals surface area (Å²) in [6.07, 6.45) is 2.01. The van der Waals surface area contributed by atoms with E-state index in [-0.39, 0.29) is 0 Å².